The fourth-order valence-electron chi connectivity index (χ4n) is 4.17. The quantitative estimate of drug-likeness (QED) is 0.571. The van der Waals surface area contributed by atoms with Crippen LogP contribution in [0.5, 0.6) is 5.75 Å². The molecule has 28 heavy (non-hydrogen) atoms. The molecule has 144 valence electrons. The Labute approximate surface area is 167 Å². The number of hydrogen-bond donors (Lipinski definition) is 0. The number of imide groups is 1. The molecular weight excluding hydrogens is 382 g/mol. The Morgan fingerprint density at radius 2 is 1.89 bits per heavy atom. The molecule has 2 aromatic rings. The minimum absolute atomic E-state index is 0.181. The topological polar surface area (TPSA) is 72.9 Å². The lowest BCUT2D eigenvalue weighted by Gasteiger charge is -2.22. The zero-order chi connectivity index (χ0) is 20.1. The van der Waals surface area contributed by atoms with Gasteiger partial charge in [-0.3, -0.25) is 14.4 Å². The minimum Gasteiger partial charge on any atom is -0.497 e. The third-order valence-corrected chi connectivity index (χ3v) is 5.67. The van der Waals surface area contributed by atoms with Crippen molar-refractivity contribution >= 4 is 35.1 Å². The summed E-state index contributed by atoms with van der Waals surface area (Å²) >= 11 is 5.98. The summed E-state index contributed by atoms with van der Waals surface area (Å²) in [5.41, 5.74) is -0.252. The summed E-state index contributed by atoms with van der Waals surface area (Å²) < 4.78 is 10.3. The molecule has 1 saturated heterocycles. The Morgan fingerprint density at radius 3 is 2.54 bits per heavy atom. The van der Waals surface area contributed by atoms with Crippen LogP contribution >= 0.6 is 11.6 Å². The zero-order valence-corrected chi connectivity index (χ0v) is 16.1. The first-order valence-corrected chi connectivity index (χ1v) is 9.29. The van der Waals surface area contributed by atoms with Crippen LogP contribution in [0.3, 0.4) is 0 Å². The molecule has 1 heterocycles. The number of amides is 2. The predicted octanol–water partition coefficient (Wildman–Crippen LogP) is 2.97. The Hall–Kier alpha value is -2.86. The van der Waals surface area contributed by atoms with Crippen molar-refractivity contribution in [2.75, 3.05) is 18.6 Å². The van der Waals surface area contributed by atoms with Gasteiger partial charge in [-0.2, -0.15) is 0 Å². The number of esters is 1. The van der Waals surface area contributed by atoms with E-state index in [1.165, 1.54) is 7.11 Å². The van der Waals surface area contributed by atoms with Crippen molar-refractivity contribution in [3.63, 3.8) is 0 Å². The Balaban J connectivity index is 1.80. The fraction of sp³-hybridized carbons (Fsp3) is 0.286. The van der Waals surface area contributed by atoms with E-state index in [2.05, 4.69) is 0 Å². The van der Waals surface area contributed by atoms with Crippen LogP contribution in [-0.4, -0.2) is 31.5 Å². The summed E-state index contributed by atoms with van der Waals surface area (Å²) in [5.74, 6) is -2.46. The largest absolute Gasteiger partial charge is 0.497 e. The second-order valence-corrected chi connectivity index (χ2v) is 7.20. The molecule has 2 aromatic carbocycles. The van der Waals surface area contributed by atoms with Crippen LogP contribution in [0.4, 0.5) is 5.69 Å². The minimum atomic E-state index is -1.25. The number of hydrogen-bond acceptors (Lipinski definition) is 5. The van der Waals surface area contributed by atoms with Gasteiger partial charge in [0.25, 0.3) is 0 Å². The van der Waals surface area contributed by atoms with Gasteiger partial charge in [0.1, 0.15) is 11.2 Å². The molecule has 0 N–H and O–H groups in total. The Kier molecular flexibility index (Phi) is 4.38. The SMILES string of the molecule is CCOC(=O)[C@@H]1[C@@H]2C(=O)N(c3cccc(OC)c3)C(=O)[C@@]12c1ccc(Cl)cc1. The van der Waals surface area contributed by atoms with Crippen LogP contribution in [0.15, 0.2) is 48.5 Å². The molecule has 0 bridgehead atoms. The maximum absolute atomic E-state index is 13.5. The number of ether oxygens (including phenoxy) is 2. The van der Waals surface area contributed by atoms with E-state index in [1.54, 1.807) is 55.5 Å². The van der Waals surface area contributed by atoms with Crippen molar-refractivity contribution < 1.29 is 23.9 Å². The van der Waals surface area contributed by atoms with E-state index in [-0.39, 0.29) is 6.61 Å². The van der Waals surface area contributed by atoms with Crippen LogP contribution in [0.25, 0.3) is 0 Å². The van der Waals surface area contributed by atoms with E-state index in [1.807, 2.05) is 0 Å². The normalized spacial score (nSPS) is 25.5. The molecule has 7 heteroatoms. The molecule has 0 aromatic heterocycles. The molecular formula is C21H18ClNO5. The average molecular weight is 400 g/mol. The highest BCUT2D eigenvalue weighted by atomic mass is 35.5. The number of piperidine rings is 1. The standard InChI is InChI=1S/C21H18ClNO5/c1-3-28-19(25)17-16-18(24)23(14-5-4-6-15(11-14)27-2)20(26)21(16,17)12-7-9-13(22)10-8-12/h4-11,16-17H,3H2,1-2H3/t16-,17+,21-/m1/s1. The van der Waals surface area contributed by atoms with E-state index in [4.69, 9.17) is 21.1 Å². The summed E-state index contributed by atoms with van der Waals surface area (Å²) in [7, 11) is 1.51. The van der Waals surface area contributed by atoms with Gasteiger partial charge in [-0.15, -0.1) is 0 Å². The van der Waals surface area contributed by atoms with Crippen LogP contribution in [0.1, 0.15) is 12.5 Å². The highest BCUT2D eigenvalue weighted by Gasteiger charge is 2.83. The lowest BCUT2D eigenvalue weighted by molar-refractivity contribution is -0.147. The number of carbonyl (C=O) groups is 3. The van der Waals surface area contributed by atoms with Crippen LogP contribution < -0.4 is 9.64 Å². The van der Waals surface area contributed by atoms with Crippen molar-refractivity contribution in [3.8, 4) is 5.75 Å². The van der Waals surface area contributed by atoms with E-state index in [0.717, 1.165) is 4.90 Å². The maximum atomic E-state index is 13.5. The van der Waals surface area contributed by atoms with Gasteiger partial charge < -0.3 is 9.47 Å². The summed E-state index contributed by atoms with van der Waals surface area (Å²) in [4.78, 5) is 40.3. The average Bonchev–Trinajstić information content (AvgIpc) is 3.34. The summed E-state index contributed by atoms with van der Waals surface area (Å²) in [5, 5.41) is 0.506. The zero-order valence-electron chi connectivity index (χ0n) is 15.3. The molecule has 2 fully saturated rings. The smallest absolute Gasteiger partial charge is 0.311 e. The maximum Gasteiger partial charge on any atom is 0.311 e. The number of methoxy groups -OCH3 is 1. The van der Waals surface area contributed by atoms with E-state index in [9.17, 15) is 14.4 Å². The molecule has 1 saturated carbocycles. The molecule has 2 amide bonds. The molecule has 1 aliphatic carbocycles. The highest BCUT2D eigenvalue weighted by molar-refractivity contribution is 6.32. The molecule has 1 aliphatic heterocycles. The lowest BCUT2D eigenvalue weighted by atomic mass is 9.91. The van der Waals surface area contributed by atoms with Crippen molar-refractivity contribution in [1.29, 1.82) is 0 Å². The van der Waals surface area contributed by atoms with Gasteiger partial charge in [0.2, 0.25) is 11.8 Å². The van der Waals surface area contributed by atoms with Crippen molar-refractivity contribution in [2.45, 2.75) is 12.3 Å². The van der Waals surface area contributed by atoms with Crippen LogP contribution in [0.2, 0.25) is 5.02 Å². The molecule has 2 aliphatic rings. The number of benzene rings is 2. The molecule has 0 radical (unpaired) electrons. The monoisotopic (exact) mass is 399 g/mol. The van der Waals surface area contributed by atoms with Gasteiger partial charge in [0, 0.05) is 11.1 Å². The summed E-state index contributed by atoms with van der Waals surface area (Å²) in [6.45, 7) is 1.87. The number of nitrogens with zero attached hydrogens (tertiary/aromatic N) is 1. The van der Waals surface area contributed by atoms with Gasteiger partial charge in [0.15, 0.2) is 0 Å². The molecule has 4 rings (SSSR count). The molecule has 0 spiro atoms. The van der Waals surface area contributed by atoms with Crippen molar-refractivity contribution in [3.05, 3.63) is 59.1 Å². The highest BCUT2D eigenvalue weighted by Crippen LogP contribution is 2.66. The molecule has 6 nitrogen and oxygen atoms in total. The van der Waals surface area contributed by atoms with Crippen LogP contribution in [-0.2, 0) is 24.5 Å². The Morgan fingerprint density at radius 1 is 1.18 bits per heavy atom. The van der Waals surface area contributed by atoms with E-state index >= 15 is 0 Å². The third-order valence-electron chi connectivity index (χ3n) is 5.42. The van der Waals surface area contributed by atoms with Crippen molar-refractivity contribution in [2.24, 2.45) is 11.8 Å². The number of halogens is 1. The van der Waals surface area contributed by atoms with Gasteiger partial charge in [0.05, 0.1) is 31.2 Å². The number of fused-ring (bicyclic) bond motifs is 1. The predicted molar refractivity (Wildman–Crippen MR) is 102 cm³/mol. The lowest BCUT2D eigenvalue weighted by Crippen LogP contribution is -2.40. The van der Waals surface area contributed by atoms with E-state index in [0.29, 0.717) is 22.0 Å². The van der Waals surface area contributed by atoms with Gasteiger partial charge in [-0.25, -0.2) is 4.90 Å². The molecule has 3 atom stereocenters. The first-order valence-electron chi connectivity index (χ1n) is 8.92. The fourth-order valence-corrected chi connectivity index (χ4v) is 4.30. The second kappa shape index (κ2) is 6.63. The van der Waals surface area contributed by atoms with Gasteiger partial charge in [-0.05, 0) is 36.8 Å². The number of carbonyl (C=O) groups excluding carboxylic acids is 3. The van der Waals surface area contributed by atoms with Gasteiger partial charge >= 0.3 is 5.97 Å². The van der Waals surface area contributed by atoms with Gasteiger partial charge in [-0.1, -0.05) is 29.8 Å². The second-order valence-electron chi connectivity index (χ2n) is 6.76. The van der Waals surface area contributed by atoms with E-state index < -0.39 is 35.0 Å². The third kappa shape index (κ3) is 2.44. The number of anilines is 1. The molecule has 0 unspecified atom stereocenters. The van der Waals surface area contributed by atoms with Crippen molar-refractivity contribution in [1.82, 2.24) is 0 Å². The first-order chi connectivity index (χ1) is 13.5. The summed E-state index contributed by atoms with van der Waals surface area (Å²) in [6.07, 6.45) is 0. The summed E-state index contributed by atoms with van der Waals surface area (Å²) in [6, 6.07) is 13.4. The Bertz CT molecular complexity index is 973. The first kappa shape index (κ1) is 18.5. The van der Waals surface area contributed by atoms with Crippen LogP contribution in [0, 0.1) is 11.8 Å². The number of rotatable bonds is 5.